The van der Waals surface area contributed by atoms with Crippen LogP contribution in [0.15, 0.2) is 65.6 Å². The van der Waals surface area contributed by atoms with Crippen LogP contribution in [-0.2, 0) is 26.2 Å². The van der Waals surface area contributed by atoms with Crippen LogP contribution in [0.2, 0.25) is 10.0 Å². The lowest BCUT2D eigenvalue weighted by molar-refractivity contribution is -0.385. The summed E-state index contributed by atoms with van der Waals surface area (Å²) in [6.45, 7) is 2.26. The molecule has 1 atom stereocenters. The zero-order valence-electron chi connectivity index (χ0n) is 23.3. The fourth-order valence-electron chi connectivity index (χ4n) is 4.29. The molecule has 3 aromatic rings. The van der Waals surface area contributed by atoms with E-state index >= 15 is 0 Å². The van der Waals surface area contributed by atoms with Gasteiger partial charge in [0.05, 0.1) is 22.6 Å². The number of hydrogen-bond donors (Lipinski definition) is 1. The van der Waals surface area contributed by atoms with Gasteiger partial charge in [-0.15, -0.1) is 0 Å². The maximum atomic E-state index is 14.0. The first kappa shape index (κ1) is 32.6. The average molecular weight is 638 g/mol. The number of rotatable bonds is 12. The summed E-state index contributed by atoms with van der Waals surface area (Å²) in [5.74, 6) is -0.765. The zero-order chi connectivity index (χ0) is 31.2. The Hall–Kier alpha value is -3.87. The highest BCUT2D eigenvalue weighted by molar-refractivity contribution is 7.92. The summed E-state index contributed by atoms with van der Waals surface area (Å²) < 4.78 is 34.0. The largest absolute Gasteiger partial charge is 0.497 e. The van der Waals surface area contributed by atoms with Crippen molar-refractivity contribution in [2.45, 2.75) is 37.8 Å². The number of ether oxygens (including phenoxy) is 1. The van der Waals surface area contributed by atoms with Crippen LogP contribution in [-0.4, -0.2) is 56.8 Å². The Morgan fingerprint density at radius 2 is 1.69 bits per heavy atom. The van der Waals surface area contributed by atoms with Crippen LogP contribution in [0.5, 0.6) is 5.75 Å². The number of nitro groups is 1. The van der Waals surface area contributed by atoms with Crippen molar-refractivity contribution < 1.29 is 27.7 Å². The Bertz CT molecular complexity index is 1560. The number of anilines is 1. The molecular weight excluding hydrogens is 607 g/mol. The average Bonchev–Trinajstić information content (AvgIpc) is 2.96. The van der Waals surface area contributed by atoms with E-state index in [1.54, 1.807) is 25.1 Å². The number of halogens is 2. The highest BCUT2D eigenvalue weighted by Gasteiger charge is 2.34. The van der Waals surface area contributed by atoms with Crippen LogP contribution in [0.4, 0.5) is 11.4 Å². The highest BCUT2D eigenvalue weighted by Crippen LogP contribution is 2.31. The van der Waals surface area contributed by atoms with Gasteiger partial charge in [0.25, 0.3) is 15.7 Å². The minimum absolute atomic E-state index is 0.0936. The third kappa shape index (κ3) is 7.12. The van der Waals surface area contributed by atoms with Gasteiger partial charge in [0.15, 0.2) is 0 Å². The monoisotopic (exact) mass is 636 g/mol. The molecule has 0 fully saturated rings. The molecule has 0 saturated carbocycles. The summed E-state index contributed by atoms with van der Waals surface area (Å²) in [5.41, 5.74) is 0.351. The fourth-order valence-corrected chi connectivity index (χ4v) is 6.24. The van der Waals surface area contributed by atoms with Crippen molar-refractivity contribution in [3.63, 3.8) is 0 Å². The first-order valence-corrected chi connectivity index (χ1v) is 14.9. The van der Waals surface area contributed by atoms with Gasteiger partial charge in [-0.1, -0.05) is 42.3 Å². The number of carbonyl (C=O) groups is 2. The van der Waals surface area contributed by atoms with E-state index in [1.165, 1.54) is 62.4 Å². The molecule has 0 bridgehead atoms. The topological polar surface area (TPSA) is 139 Å². The number of methoxy groups -OCH3 is 1. The number of hydrogen-bond acceptors (Lipinski definition) is 7. The number of sulfonamides is 1. The van der Waals surface area contributed by atoms with E-state index in [9.17, 15) is 28.1 Å². The number of amides is 2. The number of benzene rings is 3. The molecule has 0 aliphatic rings. The molecule has 11 nitrogen and oxygen atoms in total. The molecule has 0 aromatic heterocycles. The number of nitrogens with one attached hydrogen (secondary N) is 1. The minimum Gasteiger partial charge on any atom is -0.497 e. The molecule has 14 heteroatoms. The molecule has 2 amide bonds. The van der Waals surface area contributed by atoms with E-state index in [2.05, 4.69) is 5.32 Å². The molecule has 0 unspecified atom stereocenters. The molecule has 0 heterocycles. The van der Waals surface area contributed by atoms with Gasteiger partial charge in [0.2, 0.25) is 11.8 Å². The standard InChI is InChI=1S/C28H30Cl2N4O7S/c1-5-25(28(36)31-3)32(16-22-23(29)7-6-8-24(22)30)27(35)17-33(19-10-12-20(41-4)13-11-19)42(39,40)21-14-9-18(2)26(15-21)34(37)38/h6-15,25H,5,16-17H2,1-4H3,(H,31,36)/t25-/m0/s1. The SMILES string of the molecule is CC[C@@H](C(=O)NC)N(Cc1c(Cl)cccc1Cl)C(=O)CN(c1ccc(OC)cc1)S(=O)(=O)c1ccc(C)c([N+](=O)[O-])c1. The minimum atomic E-state index is -4.53. The van der Waals surface area contributed by atoms with E-state index < -0.39 is 45.0 Å². The highest BCUT2D eigenvalue weighted by atomic mass is 35.5. The van der Waals surface area contributed by atoms with Crippen molar-refractivity contribution >= 4 is 56.4 Å². The molecule has 0 spiro atoms. The van der Waals surface area contributed by atoms with Crippen LogP contribution in [0, 0.1) is 17.0 Å². The van der Waals surface area contributed by atoms with E-state index in [0.29, 0.717) is 11.3 Å². The van der Waals surface area contributed by atoms with Crippen molar-refractivity contribution in [2.75, 3.05) is 25.0 Å². The van der Waals surface area contributed by atoms with E-state index in [1.807, 2.05) is 0 Å². The second kappa shape index (κ2) is 13.9. The van der Waals surface area contributed by atoms with E-state index in [-0.39, 0.29) is 39.2 Å². The van der Waals surface area contributed by atoms with Crippen LogP contribution < -0.4 is 14.4 Å². The van der Waals surface area contributed by atoms with Crippen LogP contribution in [0.3, 0.4) is 0 Å². The summed E-state index contributed by atoms with van der Waals surface area (Å²) in [6.07, 6.45) is 0.201. The second-order valence-corrected chi connectivity index (χ2v) is 11.9. The van der Waals surface area contributed by atoms with Crippen molar-refractivity contribution in [1.29, 1.82) is 0 Å². The van der Waals surface area contributed by atoms with Crippen LogP contribution >= 0.6 is 23.2 Å². The number of nitrogens with zero attached hydrogens (tertiary/aromatic N) is 3. The first-order chi connectivity index (χ1) is 19.8. The van der Waals surface area contributed by atoms with Gasteiger partial charge in [-0.25, -0.2) is 8.42 Å². The molecule has 0 aliphatic carbocycles. The maximum absolute atomic E-state index is 14.0. The van der Waals surface area contributed by atoms with Crippen molar-refractivity contribution in [3.8, 4) is 5.75 Å². The van der Waals surface area contributed by atoms with Gasteiger partial charge in [0, 0.05) is 40.8 Å². The Balaban J connectivity index is 2.15. The molecule has 0 saturated heterocycles. The lowest BCUT2D eigenvalue weighted by atomic mass is 10.1. The molecule has 3 rings (SSSR count). The molecule has 3 aromatic carbocycles. The third-order valence-electron chi connectivity index (χ3n) is 6.63. The maximum Gasteiger partial charge on any atom is 0.273 e. The van der Waals surface area contributed by atoms with Crippen LogP contribution in [0.1, 0.15) is 24.5 Å². The number of nitro benzene ring substituents is 1. The zero-order valence-corrected chi connectivity index (χ0v) is 25.7. The number of carbonyl (C=O) groups excluding carboxylic acids is 2. The van der Waals surface area contributed by atoms with Crippen molar-refractivity contribution in [3.05, 3.63) is 92.0 Å². The molecule has 224 valence electrons. The summed E-state index contributed by atoms with van der Waals surface area (Å²) in [6, 6.07) is 13.2. The van der Waals surface area contributed by atoms with Gasteiger partial charge in [-0.05, 0) is 55.8 Å². The summed E-state index contributed by atoms with van der Waals surface area (Å²) >= 11 is 12.8. The Morgan fingerprint density at radius 1 is 1.07 bits per heavy atom. The van der Waals surface area contributed by atoms with Gasteiger partial charge >= 0.3 is 0 Å². The number of likely N-dealkylation sites (N-methyl/N-ethyl adjacent to an activating group) is 1. The molecule has 0 aliphatic heterocycles. The summed E-state index contributed by atoms with van der Waals surface area (Å²) in [4.78, 5) is 38.6. The smallest absolute Gasteiger partial charge is 0.273 e. The van der Waals surface area contributed by atoms with Crippen LogP contribution in [0.25, 0.3) is 0 Å². The van der Waals surface area contributed by atoms with Gasteiger partial charge in [0.1, 0.15) is 18.3 Å². The second-order valence-electron chi connectivity index (χ2n) is 9.18. The Morgan fingerprint density at radius 3 is 2.21 bits per heavy atom. The molecule has 0 radical (unpaired) electrons. The number of aryl methyl sites for hydroxylation is 1. The Labute approximate surface area is 254 Å². The third-order valence-corrected chi connectivity index (χ3v) is 9.11. The summed E-state index contributed by atoms with van der Waals surface area (Å²) in [7, 11) is -1.67. The Kier molecular flexibility index (Phi) is 10.8. The normalized spacial score (nSPS) is 11.9. The van der Waals surface area contributed by atoms with Crippen molar-refractivity contribution in [1.82, 2.24) is 10.2 Å². The lowest BCUT2D eigenvalue weighted by Gasteiger charge is -2.33. The summed E-state index contributed by atoms with van der Waals surface area (Å²) in [5, 5.41) is 14.6. The lowest BCUT2D eigenvalue weighted by Crippen LogP contribution is -2.51. The molecule has 1 N–H and O–H groups in total. The molecule has 42 heavy (non-hydrogen) atoms. The van der Waals surface area contributed by atoms with E-state index in [0.717, 1.165) is 10.4 Å². The van der Waals surface area contributed by atoms with Crippen molar-refractivity contribution in [2.24, 2.45) is 0 Å². The fraction of sp³-hybridized carbons (Fsp3) is 0.286. The quantitative estimate of drug-likeness (QED) is 0.219. The predicted octanol–water partition coefficient (Wildman–Crippen LogP) is 4.97. The van der Waals surface area contributed by atoms with Gasteiger partial charge in [-0.3, -0.25) is 24.0 Å². The van der Waals surface area contributed by atoms with E-state index in [4.69, 9.17) is 27.9 Å². The predicted molar refractivity (Wildman–Crippen MR) is 161 cm³/mol. The molecular formula is C28H30Cl2N4O7S. The first-order valence-electron chi connectivity index (χ1n) is 12.7. The van der Waals surface area contributed by atoms with Gasteiger partial charge in [-0.2, -0.15) is 0 Å². The van der Waals surface area contributed by atoms with Gasteiger partial charge < -0.3 is 15.0 Å².